The number of ether oxygens (including phenoxy) is 2. The van der Waals surface area contributed by atoms with E-state index in [1.54, 1.807) is 7.11 Å². The van der Waals surface area contributed by atoms with Gasteiger partial charge in [0.25, 0.3) is 0 Å². The Labute approximate surface area is 153 Å². The standard InChI is InChI=1S/C20H25N3O3/c1-24-16-5-6-17-15(13-16)7-12-25-20(17)8-10-23(11-9-20)19-22-21-18(26-19)14-3-2-4-14/h5-6,13-14H,2-4,7-12H2,1H3. The Bertz CT molecular complexity index is 791. The van der Waals surface area contributed by atoms with Gasteiger partial charge in [0.2, 0.25) is 5.89 Å². The zero-order valence-electron chi connectivity index (χ0n) is 15.2. The molecule has 0 bridgehead atoms. The van der Waals surface area contributed by atoms with Gasteiger partial charge in [-0.25, -0.2) is 0 Å². The van der Waals surface area contributed by atoms with Crippen molar-refractivity contribution in [2.24, 2.45) is 0 Å². The molecule has 0 amide bonds. The van der Waals surface area contributed by atoms with Crippen molar-refractivity contribution < 1.29 is 13.9 Å². The van der Waals surface area contributed by atoms with E-state index < -0.39 is 0 Å². The lowest BCUT2D eigenvalue weighted by Gasteiger charge is -2.44. The summed E-state index contributed by atoms with van der Waals surface area (Å²) in [5.41, 5.74) is 2.49. The quantitative estimate of drug-likeness (QED) is 0.841. The van der Waals surface area contributed by atoms with E-state index >= 15 is 0 Å². The number of benzene rings is 1. The first-order valence-corrected chi connectivity index (χ1v) is 9.67. The van der Waals surface area contributed by atoms with Gasteiger partial charge >= 0.3 is 6.01 Å². The summed E-state index contributed by atoms with van der Waals surface area (Å²) < 4.78 is 17.7. The molecule has 138 valence electrons. The fourth-order valence-corrected chi connectivity index (χ4v) is 4.43. The monoisotopic (exact) mass is 355 g/mol. The van der Waals surface area contributed by atoms with E-state index in [2.05, 4.69) is 27.2 Å². The van der Waals surface area contributed by atoms with Crippen LogP contribution < -0.4 is 9.64 Å². The Kier molecular flexibility index (Phi) is 3.89. The molecule has 3 heterocycles. The summed E-state index contributed by atoms with van der Waals surface area (Å²) in [4.78, 5) is 2.21. The van der Waals surface area contributed by atoms with E-state index in [1.807, 2.05) is 6.07 Å². The fourth-order valence-electron chi connectivity index (χ4n) is 4.43. The molecule has 2 fully saturated rings. The maximum atomic E-state index is 6.33. The molecule has 0 unspecified atom stereocenters. The van der Waals surface area contributed by atoms with Gasteiger partial charge in [0.05, 0.1) is 19.3 Å². The van der Waals surface area contributed by atoms with Gasteiger partial charge in [-0.3, -0.25) is 0 Å². The Morgan fingerprint density at radius 3 is 2.77 bits per heavy atom. The number of rotatable bonds is 3. The Morgan fingerprint density at radius 1 is 1.19 bits per heavy atom. The minimum absolute atomic E-state index is 0.187. The summed E-state index contributed by atoms with van der Waals surface area (Å²) in [6, 6.07) is 7.07. The highest BCUT2D eigenvalue weighted by atomic mass is 16.5. The van der Waals surface area contributed by atoms with Crippen molar-refractivity contribution in [3.63, 3.8) is 0 Å². The second-order valence-corrected chi connectivity index (χ2v) is 7.65. The van der Waals surface area contributed by atoms with Crippen LogP contribution in [0.3, 0.4) is 0 Å². The van der Waals surface area contributed by atoms with Crippen molar-refractivity contribution in [2.45, 2.75) is 50.0 Å². The van der Waals surface area contributed by atoms with E-state index in [0.29, 0.717) is 11.9 Å². The first kappa shape index (κ1) is 16.1. The summed E-state index contributed by atoms with van der Waals surface area (Å²) >= 11 is 0. The Hall–Kier alpha value is -2.08. The Balaban J connectivity index is 1.33. The maximum Gasteiger partial charge on any atom is 0.318 e. The fraction of sp³-hybridized carbons (Fsp3) is 0.600. The van der Waals surface area contributed by atoms with Crippen LogP contribution in [0.25, 0.3) is 0 Å². The lowest BCUT2D eigenvalue weighted by atomic mass is 9.79. The maximum absolute atomic E-state index is 6.33. The van der Waals surface area contributed by atoms with Crippen LogP contribution in [0.2, 0.25) is 0 Å². The van der Waals surface area contributed by atoms with E-state index in [0.717, 1.165) is 50.6 Å². The predicted molar refractivity (Wildman–Crippen MR) is 96.7 cm³/mol. The second-order valence-electron chi connectivity index (χ2n) is 7.65. The van der Waals surface area contributed by atoms with Crippen LogP contribution in [0.15, 0.2) is 22.6 Å². The normalized spacial score (nSPS) is 22.1. The molecule has 5 rings (SSSR count). The average molecular weight is 355 g/mol. The number of anilines is 1. The molecule has 1 aromatic heterocycles. The van der Waals surface area contributed by atoms with Crippen LogP contribution in [-0.4, -0.2) is 37.0 Å². The third kappa shape index (κ3) is 2.58. The van der Waals surface area contributed by atoms with Crippen molar-refractivity contribution in [1.82, 2.24) is 10.2 Å². The summed E-state index contributed by atoms with van der Waals surface area (Å²) in [5, 5.41) is 8.56. The molecule has 1 spiro atoms. The number of aromatic nitrogens is 2. The van der Waals surface area contributed by atoms with E-state index in [9.17, 15) is 0 Å². The smallest absolute Gasteiger partial charge is 0.318 e. The zero-order valence-corrected chi connectivity index (χ0v) is 15.2. The summed E-state index contributed by atoms with van der Waals surface area (Å²) in [5.74, 6) is 2.22. The van der Waals surface area contributed by atoms with E-state index in [4.69, 9.17) is 13.9 Å². The van der Waals surface area contributed by atoms with Gasteiger partial charge in [0.1, 0.15) is 5.75 Å². The lowest BCUT2D eigenvalue weighted by Crippen LogP contribution is -2.46. The minimum atomic E-state index is -0.187. The number of methoxy groups -OCH3 is 1. The van der Waals surface area contributed by atoms with Crippen LogP contribution in [-0.2, 0) is 16.8 Å². The molecule has 3 aliphatic rings. The highest BCUT2D eigenvalue weighted by molar-refractivity contribution is 5.42. The number of hydrogen-bond acceptors (Lipinski definition) is 6. The first-order chi connectivity index (χ1) is 12.8. The molecular weight excluding hydrogens is 330 g/mol. The van der Waals surface area contributed by atoms with Crippen molar-refractivity contribution >= 4 is 6.01 Å². The van der Waals surface area contributed by atoms with Gasteiger partial charge in [-0.2, -0.15) is 0 Å². The van der Waals surface area contributed by atoms with E-state index in [1.165, 1.54) is 30.4 Å². The zero-order chi connectivity index (χ0) is 17.6. The SMILES string of the molecule is COc1ccc2c(c1)CCOC21CCN(c2nnc(C3CCC3)o2)CC1. The molecule has 2 aromatic rings. The molecule has 0 N–H and O–H groups in total. The van der Waals surface area contributed by atoms with Crippen LogP contribution in [0.4, 0.5) is 6.01 Å². The van der Waals surface area contributed by atoms with Gasteiger partial charge in [-0.05, 0) is 55.4 Å². The second kappa shape index (κ2) is 6.27. The molecule has 1 saturated carbocycles. The predicted octanol–water partition coefficient (Wildman–Crippen LogP) is 3.41. The third-order valence-electron chi connectivity index (χ3n) is 6.28. The minimum Gasteiger partial charge on any atom is -0.497 e. The van der Waals surface area contributed by atoms with Crippen molar-refractivity contribution in [2.75, 3.05) is 31.7 Å². The average Bonchev–Trinajstić information content (AvgIpc) is 3.10. The summed E-state index contributed by atoms with van der Waals surface area (Å²) in [6.45, 7) is 2.52. The number of piperidine rings is 1. The van der Waals surface area contributed by atoms with Crippen LogP contribution in [0.1, 0.15) is 55.0 Å². The highest BCUT2D eigenvalue weighted by Gasteiger charge is 2.42. The number of nitrogens with zero attached hydrogens (tertiary/aromatic N) is 3. The summed E-state index contributed by atoms with van der Waals surface area (Å²) in [6.07, 6.45) is 6.46. The molecule has 26 heavy (non-hydrogen) atoms. The molecule has 6 heteroatoms. The molecule has 1 saturated heterocycles. The third-order valence-corrected chi connectivity index (χ3v) is 6.28. The lowest BCUT2D eigenvalue weighted by molar-refractivity contribution is -0.0770. The summed E-state index contributed by atoms with van der Waals surface area (Å²) in [7, 11) is 1.72. The van der Waals surface area contributed by atoms with Gasteiger partial charge in [0, 0.05) is 19.0 Å². The van der Waals surface area contributed by atoms with Gasteiger partial charge in [-0.15, -0.1) is 5.10 Å². The van der Waals surface area contributed by atoms with E-state index in [-0.39, 0.29) is 5.60 Å². The van der Waals surface area contributed by atoms with Crippen molar-refractivity contribution in [3.05, 3.63) is 35.2 Å². The molecule has 2 aliphatic heterocycles. The molecule has 0 atom stereocenters. The van der Waals surface area contributed by atoms with Gasteiger partial charge in [-0.1, -0.05) is 17.6 Å². The van der Waals surface area contributed by atoms with Crippen molar-refractivity contribution in [3.8, 4) is 5.75 Å². The number of hydrogen-bond donors (Lipinski definition) is 0. The molecule has 1 aromatic carbocycles. The topological polar surface area (TPSA) is 60.6 Å². The van der Waals surface area contributed by atoms with Gasteiger partial charge in [0.15, 0.2) is 0 Å². The largest absolute Gasteiger partial charge is 0.497 e. The molecular formula is C20H25N3O3. The van der Waals surface area contributed by atoms with Crippen LogP contribution in [0.5, 0.6) is 5.75 Å². The number of fused-ring (bicyclic) bond motifs is 2. The first-order valence-electron chi connectivity index (χ1n) is 9.67. The molecule has 0 radical (unpaired) electrons. The highest BCUT2D eigenvalue weighted by Crippen LogP contribution is 2.43. The van der Waals surface area contributed by atoms with Gasteiger partial charge < -0.3 is 18.8 Å². The molecule has 6 nitrogen and oxygen atoms in total. The van der Waals surface area contributed by atoms with Crippen LogP contribution >= 0.6 is 0 Å². The Morgan fingerprint density at radius 2 is 2.04 bits per heavy atom. The molecule has 1 aliphatic carbocycles. The van der Waals surface area contributed by atoms with Crippen molar-refractivity contribution in [1.29, 1.82) is 0 Å². The van der Waals surface area contributed by atoms with Crippen LogP contribution in [0, 0.1) is 0 Å².